The van der Waals surface area contributed by atoms with Gasteiger partial charge in [0, 0.05) is 23.7 Å². The van der Waals surface area contributed by atoms with Crippen LogP contribution in [0.15, 0.2) is 53.1 Å². The summed E-state index contributed by atoms with van der Waals surface area (Å²) in [4.78, 5) is 12.4. The number of hydrogen-bond donors (Lipinski definition) is 1. The molecule has 0 aliphatic rings. The van der Waals surface area contributed by atoms with E-state index in [0.717, 1.165) is 43.4 Å². The van der Waals surface area contributed by atoms with E-state index in [1.165, 1.54) is 17.2 Å². The van der Waals surface area contributed by atoms with Gasteiger partial charge in [-0.1, -0.05) is 48.8 Å². The van der Waals surface area contributed by atoms with Gasteiger partial charge in [-0.3, -0.25) is 4.79 Å². The maximum absolute atomic E-state index is 13.1. The van der Waals surface area contributed by atoms with Crippen molar-refractivity contribution in [2.45, 2.75) is 73.4 Å². The van der Waals surface area contributed by atoms with Crippen molar-refractivity contribution < 1.29 is 18.0 Å². The molecule has 172 valence electrons. The molecule has 1 N–H and O–H groups in total. The highest BCUT2D eigenvalue weighted by Gasteiger charge is 2.31. The minimum absolute atomic E-state index is 0.175. The predicted octanol–water partition coefficient (Wildman–Crippen LogP) is 8.38. The van der Waals surface area contributed by atoms with Crippen molar-refractivity contribution in [2.75, 3.05) is 11.9 Å². The van der Waals surface area contributed by atoms with Gasteiger partial charge in [0.2, 0.25) is 0 Å². The van der Waals surface area contributed by atoms with Crippen molar-refractivity contribution in [1.29, 1.82) is 0 Å². The van der Waals surface area contributed by atoms with Crippen molar-refractivity contribution in [1.82, 2.24) is 0 Å². The highest BCUT2D eigenvalue weighted by Crippen LogP contribution is 2.33. The monoisotopic (exact) mass is 435 g/mol. The zero-order valence-electron chi connectivity index (χ0n) is 19.6. The van der Waals surface area contributed by atoms with E-state index in [2.05, 4.69) is 38.2 Å². The number of rotatable bonds is 11. The van der Waals surface area contributed by atoms with Crippen LogP contribution in [0.2, 0.25) is 0 Å². The van der Waals surface area contributed by atoms with Crippen molar-refractivity contribution in [3.8, 4) is 0 Å². The predicted molar refractivity (Wildman–Crippen MR) is 125 cm³/mol. The van der Waals surface area contributed by atoms with Crippen LogP contribution < -0.4 is 5.32 Å². The Labute approximate surface area is 185 Å². The molecule has 31 heavy (non-hydrogen) atoms. The summed E-state index contributed by atoms with van der Waals surface area (Å²) in [7, 11) is 0. The van der Waals surface area contributed by atoms with E-state index in [0.29, 0.717) is 12.1 Å². The number of nitrogens with one attached hydrogen (secondary N) is 1. The number of carbonyl (C=O) groups is 1. The first-order chi connectivity index (χ1) is 14.4. The third kappa shape index (κ3) is 10.0. The molecule has 0 atom stereocenters. The third-order valence-electron chi connectivity index (χ3n) is 5.00. The third-order valence-corrected chi connectivity index (χ3v) is 5.00. The second kappa shape index (κ2) is 12.5. The second-order valence-electron chi connectivity index (χ2n) is 8.62. The average molecular weight is 436 g/mol. The standard InChI is InChI=1S/C26H36F3NO/c1-18(2)9-7-10-20(5)11-8-12-21(6)15-16-30-24-17-22(26(27,28)29)13-14-23(24)25(31)19(3)4/h9,11,13-15,17,19,30H,7-8,10,12,16H2,1-6H3/b20-11+,21-15+. The summed E-state index contributed by atoms with van der Waals surface area (Å²) in [6.45, 7) is 12.2. The van der Waals surface area contributed by atoms with Gasteiger partial charge >= 0.3 is 6.18 Å². The molecule has 1 rings (SSSR count). The fraction of sp³-hybridized carbons (Fsp3) is 0.500. The van der Waals surface area contributed by atoms with Crippen molar-refractivity contribution in [3.63, 3.8) is 0 Å². The first-order valence-corrected chi connectivity index (χ1v) is 10.9. The maximum Gasteiger partial charge on any atom is 0.416 e. The lowest BCUT2D eigenvalue weighted by Gasteiger charge is -2.15. The minimum Gasteiger partial charge on any atom is -0.381 e. The van der Waals surface area contributed by atoms with Crippen LogP contribution in [0.4, 0.5) is 18.9 Å². The Bertz CT molecular complexity index is 826. The van der Waals surface area contributed by atoms with Crippen molar-refractivity contribution >= 4 is 11.5 Å². The Morgan fingerprint density at radius 3 is 2.10 bits per heavy atom. The molecule has 1 aromatic carbocycles. The number of alkyl halides is 3. The molecule has 0 spiro atoms. The molecule has 0 saturated heterocycles. The largest absolute Gasteiger partial charge is 0.416 e. The molecule has 2 nitrogen and oxygen atoms in total. The van der Waals surface area contributed by atoms with Crippen LogP contribution in [0.1, 0.15) is 83.1 Å². The fourth-order valence-electron chi connectivity index (χ4n) is 3.07. The normalized spacial score (nSPS) is 12.8. The summed E-state index contributed by atoms with van der Waals surface area (Å²) in [5, 5.41) is 3.01. The van der Waals surface area contributed by atoms with Gasteiger partial charge < -0.3 is 5.32 Å². The van der Waals surface area contributed by atoms with Crippen LogP contribution in [-0.4, -0.2) is 12.3 Å². The summed E-state index contributed by atoms with van der Waals surface area (Å²) >= 11 is 0. The van der Waals surface area contributed by atoms with Crippen LogP contribution >= 0.6 is 0 Å². The molecule has 0 fully saturated rings. The van der Waals surface area contributed by atoms with E-state index in [1.54, 1.807) is 13.8 Å². The first-order valence-electron chi connectivity index (χ1n) is 10.9. The molecule has 0 aliphatic carbocycles. The lowest BCUT2D eigenvalue weighted by Crippen LogP contribution is -2.14. The summed E-state index contributed by atoms with van der Waals surface area (Å²) in [5.41, 5.74) is 3.62. The van der Waals surface area contributed by atoms with Gasteiger partial charge in [0.1, 0.15) is 0 Å². The van der Waals surface area contributed by atoms with Gasteiger partial charge in [-0.15, -0.1) is 0 Å². The number of ketones is 1. The van der Waals surface area contributed by atoms with Gasteiger partial charge in [0.25, 0.3) is 0 Å². The number of benzene rings is 1. The molecule has 0 unspecified atom stereocenters. The van der Waals surface area contributed by atoms with Gasteiger partial charge in [-0.2, -0.15) is 13.2 Å². The average Bonchev–Trinajstić information content (AvgIpc) is 2.66. The molecule has 0 saturated carbocycles. The van der Waals surface area contributed by atoms with E-state index < -0.39 is 11.7 Å². The van der Waals surface area contributed by atoms with Crippen LogP contribution in [-0.2, 0) is 6.18 Å². The van der Waals surface area contributed by atoms with Crippen LogP contribution in [0, 0.1) is 5.92 Å². The van der Waals surface area contributed by atoms with Crippen LogP contribution in [0.25, 0.3) is 0 Å². The Morgan fingerprint density at radius 2 is 1.55 bits per heavy atom. The summed E-state index contributed by atoms with van der Waals surface area (Å²) < 4.78 is 39.3. The number of carbonyl (C=O) groups excluding carboxylic acids is 1. The number of halogens is 3. The van der Waals surface area contributed by atoms with E-state index in [9.17, 15) is 18.0 Å². The number of anilines is 1. The fourth-order valence-corrected chi connectivity index (χ4v) is 3.07. The lowest BCUT2D eigenvalue weighted by molar-refractivity contribution is -0.137. The quantitative estimate of drug-likeness (QED) is 0.279. The number of Topliss-reactive ketones (excluding diaryl/α,β-unsaturated/α-hetero) is 1. The summed E-state index contributed by atoms with van der Waals surface area (Å²) in [6.07, 6.45) is 5.94. The molecule has 0 heterocycles. The molecule has 0 radical (unpaired) electrons. The zero-order chi connectivity index (χ0) is 23.6. The van der Waals surface area contributed by atoms with Gasteiger partial charge in [-0.25, -0.2) is 0 Å². The Morgan fingerprint density at radius 1 is 0.968 bits per heavy atom. The topological polar surface area (TPSA) is 29.1 Å². The van der Waals surface area contributed by atoms with Gasteiger partial charge in [-0.05, 0) is 71.6 Å². The van der Waals surface area contributed by atoms with Gasteiger partial charge in [0.05, 0.1) is 5.56 Å². The second-order valence-corrected chi connectivity index (χ2v) is 8.62. The van der Waals surface area contributed by atoms with Crippen molar-refractivity contribution in [3.05, 3.63) is 64.3 Å². The van der Waals surface area contributed by atoms with Crippen molar-refractivity contribution in [2.24, 2.45) is 5.92 Å². The Kier molecular flexibility index (Phi) is 10.8. The van der Waals surface area contributed by atoms with E-state index in [4.69, 9.17) is 0 Å². The highest BCUT2D eigenvalue weighted by molar-refractivity contribution is 6.02. The van der Waals surface area contributed by atoms with Gasteiger partial charge in [0.15, 0.2) is 5.78 Å². The smallest absolute Gasteiger partial charge is 0.381 e. The number of allylic oxidation sites excluding steroid dienone is 5. The number of hydrogen-bond acceptors (Lipinski definition) is 2. The molecule has 1 aromatic rings. The lowest BCUT2D eigenvalue weighted by atomic mass is 9.97. The first kappa shape index (κ1) is 26.7. The minimum atomic E-state index is -4.45. The molecular weight excluding hydrogens is 399 g/mol. The Balaban J connectivity index is 2.74. The van der Waals surface area contributed by atoms with E-state index in [-0.39, 0.29) is 17.4 Å². The molecule has 5 heteroatoms. The summed E-state index contributed by atoms with van der Waals surface area (Å²) in [5.74, 6) is -0.466. The highest BCUT2D eigenvalue weighted by atomic mass is 19.4. The van der Waals surface area contributed by atoms with E-state index >= 15 is 0 Å². The summed E-state index contributed by atoms with van der Waals surface area (Å²) in [6, 6.07) is 3.26. The molecule has 0 aromatic heterocycles. The molecule has 0 bridgehead atoms. The van der Waals surface area contributed by atoms with Crippen LogP contribution in [0.5, 0.6) is 0 Å². The van der Waals surface area contributed by atoms with E-state index in [1.807, 2.05) is 13.0 Å². The zero-order valence-corrected chi connectivity index (χ0v) is 19.6. The molecule has 0 amide bonds. The Hall–Kier alpha value is -2.30. The maximum atomic E-state index is 13.1. The molecular formula is C26H36F3NO. The van der Waals surface area contributed by atoms with Crippen LogP contribution in [0.3, 0.4) is 0 Å². The SMILES string of the molecule is CC(C)=CCC/C(C)=C/CC/C(C)=C/CNc1cc(C(F)(F)F)ccc1C(=O)C(C)C. The molecule has 0 aliphatic heterocycles.